The molecule has 1 atom stereocenters. The van der Waals surface area contributed by atoms with Crippen LogP contribution in [0.4, 0.5) is 4.39 Å². The van der Waals surface area contributed by atoms with E-state index in [1.54, 1.807) is 36.4 Å². The monoisotopic (exact) mass is 275 g/mol. The van der Waals surface area contributed by atoms with Crippen molar-refractivity contribution < 1.29 is 9.50 Å². The van der Waals surface area contributed by atoms with E-state index in [9.17, 15) is 9.50 Å². The lowest BCUT2D eigenvalue weighted by Crippen LogP contribution is -2.03. The number of rotatable bonds is 3. The minimum absolute atomic E-state index is 0.0372. The SMILES string of the molecule is N#Cc1ccc(C(O)Cc2cccc(F)c2Cl)cc1. The first-order valence-corrected chi connectivity index (χ1v) is 6.10. The van der Waals surface area contributed by atoms with Gasteiger partial charge in [-0.2, -0.15) is 5.26 Å². The zero-order valence-electron chi connectivity index (χ0n) is 9.98. The van der Waals surface area contributed by atoms with Crippen LogP contribution in [0.25, 0.3) is 0 Å². The zero-order valence-corrected chi connectivity index (χ0v) is 10.7. The topological polar surface area (TPSA) is 44.0 Å². The maximum atomic E-state index is 13.3. The zero-order chi connectivity index (χ0) is 13.8. The van der Waals surface area contributed by atoms with E-state index in [0.717, 1.165) is 0 Å². The van der Waals surface area contributed by atoms with Gasteiger partial charge in [-0.25, -0.2) is 4.39 Å². The molecular weight excluding hydrogens is 265 g/mol. The van der Waals surface area contributed by atoms with Crippen LogP contribution in [0.3, 0.4) is 0 Å². The second-order valence-corrected chi connectivity index (χ2v) is 4.54. The first-order chi connectivity index (χ1) is 9.11. The predicted octanol–water partition coefficient (Wildman–Crippen LogP) is 3.63. The van der Waals surface area contributed by atoms with Gasteiger partial charge in [-0.3, -0.25) is 0 Å². The van der Waals surface area contributed by atoms with Gasteiger partial charge in [0.2, 0.25) is 0 Å². The molecule has 96 valence electrons. The van der Waals surface area contributed by atoms with Crippen LogP contribution in [-0.4, -0.2) is 5.11 Å². The highest BCUT2D eigenvalue weighted by Gasteiger charge is 2.12. The average molecular weight is 276 g/mol. The summed E-state index contributed by atoms with van der Waals surface area (Å²) in [6, 6.07) is 13.1. The molecule has 19 heavy (non-hydrogen) atoms. The lowest BCUT2D eigenvalue weighted by Gasteiger charge is -2.12. The van der Waals surface area contributed by atoms with Gasteiger partial charge in [0.1, 0.15) is 5.82 Å². The van der Waals surface area contributed by atoms with Gasteiger partial charge in [-0.1, -0.05) is 35.9 Å². The van der Waals surface area contributed by atoms with Crippen LogP contribution in [0.15, 0.2) is 42.5 Å². The summed E-state index contributed by atoms with van der Waals surface area (Å²) in [5, 5.41) is 18.8. The molecule has 2 nitrogen and oxygen atoms in total. The number of aliphatic hydroxyl groups excluding tert-OH is 1. The van der Waals surface area contributed by atoms with Gasteiger partial charge >= 0.3 is 0 Å². The molecule has 4 heteroatoms. The third-order valence-corrected chi connectivity index (χ3v) is 3.29. The summed E-state index contributed by atoms with van der Waals surface area (Å²) in [4.78, 5) is 0. The van der Waals surface area contributed by atoms with Crippen molar-refractivity contribution in [2.45, 2.75) is 12.5 Å². The molecule has 0 bridgehead atoms. The van der Waals surface area contributed by atoms with E-state index < -0.39 is 11.9 Å². The third kappa shape index (κ3) is 3.11. The van der Waals surface area contributed by atoms with Crippen molar-refractivity contribution in [1.29, 1.82) is 5.26 Å². The van der Waals surface area contributed by atoms with E-state index in [-0.39, 0.29) is 11.4 Å². The molecule has 2 rings (SSSR count). The first kappa shape index (κ1) is 13.5. The van der Waals surface area contributed by atoms with Crippen molar-refractivity contribution >= 4 is 11.6 Å². The molecule has 0 aromatic heterocycles. The molecule has 1 unspecified atom stereocenters. The van der Waals surface area contributed by atoms with E-state index in [1.807, 2.05) is 6.07 Å². The van der Waals surface area contributed by atoms with Crippen molar-refractivity contribution in [3.05, 3.63) is 70.0 Å². The summed E-state index contributed by atoms with van der Waals surface area (Å²) in [6.45, 7) is 0. The Kier molecular flexibility index (Phi) is 4.16. The molecule has 0 spiro atoms. The second-order valence-electron chi connectivity index (χ2n) is 4.17. The minimum Gasteiger partial charge on any atom is -0.388 e. The first-order valence-electron chi connectivity index (χ1n) is 5.73. The summed E-state index contributed by atoms with van der Waals surface area (Å²) >= 11 is 5.84. The fourth-order valence-corrected chi connectivity index (χ4v) is 2.02. The number of hydrogen-bond acceptors (Lipinski definition) is 2. The van der Waals surface area contributed by atoms with Gasteiger partial charge < -0.3 is 5.11 Å². The van der Waals surface area contributed by atoms with E-state index in [0.29, 0.717) is 16.7 Å². The van der Waals surface area contributed by atoms with E-state index >= 15 is 0 Å². The minimum atomic E-state index is -0.785. The Morgan fingerprint density at radius 3 is 2.53 bits per heavy atom. The molecule has 0 fully saturated rings. The van der Waals surface area contributed by atoms with Gasteiger partial charge in [0.25, 0.3) is 0 Å². The Morgan fingerprint density at radius 1 is 1.21 bits per heavy atom. The Morgan fingerprint density at radius 2 is 1.89 bits per heavy atom. The van der Waals surface area contributed by atoms with Crippen LogP contribution in [0, 0.1) is 17.1 Å². The molecule has 0 aliphatic heterocycles. The van der Waals surface area contributed by atoms with Crippen molar-refractivity contribution in [3.63, 3.8) is 0 Å². The normalized spacial score (nSPS) is 11.9. The molecule has 0 radical (unpaired) electrons. The molecule has 0 amide bonds. The van der Waals surface area contributed by atoms with Crippen LogP contribution >= 0.6 is 11.6 Å². The van der Waals surface area contributed by atoms with Gasteiger partial charge in [-0.15, -0.1) is 0 Å². The van der Waals surface area contributed by atoms with Crippen LogP contribution < -0.4 is 0 Å². The smallest absolute Gasteiger partial charge is 0.142 e. The Balaban J connectivity index is 2.18. The quantitative estimate of drug-likeness (QED) is 0.930. The van der Waals surface area contributed by atoms with Crippen LogP contribution in [0.1, 0.15) is 22.8 Å². The van der Waals surface area contributed by atoms with Gasteiger partial charge in [-0.05, 0) is 29.3 Å². The summed E-state index contributed by atoms with van der Waals surface area (Å²) in [5.74, 6) is -0.494. The molecule has 2 aromatic rings. The molecular formula is C15H11ClFNO. The summed E-state index contributed by atoms with van der Waals surface area (Å²) in [6.07, 6.45) is -0.560. The third-order valence-electron chi connectivity index (χ3n) is 2.87. The van der Waals surface area contributed by atoms with Crippen molar-refractivity contribution in [3.8, 4) is 6.07 Å². The Labute approximate surface area is 115 Å². The second kappa shape index (κ2) is 5.83. The molecule has 0 aliphatic rings. The van der Waals surface area contributed by atoms with E-state index in [4.69, 9.17) is 16.9 Å². The number of nitriles is 1. The number of halogens is 2. The highest BCUT2D eigenvalue weighted by atomic mass is 35.5. The summed E-state index contributed by atoms with van der Waals surface area (Å²) in [7, 11) is 0. The van der Waals surface area contributed by atoms with Crippen molar-refractivity contribution in [1.82, 2.24) is 0 Å². The maximum Gasteiger partial charge on any atom is 0.142 e. The largest absolute Gasteiger partial charge is 0.388 e. The number of hydrogen-bond donors (Lipinski definition) is 1. The molecule has 0 heterocycles. The maximum absolute atomic E-state index is 13.3. The Bertz CT molecular complexity index is 619. The van der Waals surface area contributed by atoms with Crippen molar-refractivity contribution in [2.75, 3.05) is 0 Å². The summed E-state index contributed by atoms with van der Waals surface area (Å²) in [5.41, 5.74) is 1.75. The molecule has 2 aromatic carbocycles. The van der Waals surface area contributed by atoms with Crippen molar-refractivity contribution in [2.24, 2.45) is 0 Å². The van der Waals surface area contributed by atoms with Crippen LogP contribution in [0.2, 0.25) is 5.02 Å². The molecule has 0 saturated heterocycles. The van der Waals surface area contributed by atoms with Crippen LogP contribution in [0.5, 0.6) is 0 Å². The van der Waals surface area contributed by atoms with E-state index in [2.05, 4.69) is 0 Å². The van der Waals surface area contributed by atoms with Gasteiger partial charge in [0, 0.05) is 6.42 Å². The van der Waals surface area contributed by atoms with Gasteiger partial charge in [0.15, 0.2) is 0 Å². The summed E-state index contributed by atoms with van der Waals surface area (Å²) < 4.78 is 13.3. The molecule has 0 aliphatic carbocycles. The highest BCUT2D eigenvalue weighted by Crippen LogP contribution is 2.25. The number of nitrogens with zero attached hydrogens (tertiary/aromatic N) is 1. The predicted molar refractivity (Wildman–Crippen MR) is 71.2 cm³/mol. The van der Waals surface area contributed by atoms with Gasteiger partial charge in [0.05, 0.1) is 22.8 Å². The lowest BCUT2D eigenvalue weighted by molar-refractivity contribution is 0.178. The fraction of sp³-hybridized carbons (Fsp3) is 0.133. The van der Waals surface area contributed by atoms with E-state index in [1.165, 1.54) is 6.07 Å². The molecule has 0 saturated carbocycles. The number of benzene rings is 2. The highest BCUT2D eigenvalue weighted by molar-refractivity contribution is 6.31. The van der Waals surface area contributed by atoms with Crippen LogP contribution in [-0.2, 0) is 6.42 Å². The Hall–Kier alpha value is -1.89. The standard InChI is InChI=1S/C15H11ClFNO/c16-15-12(2-1-3-13(15)17)8-14(19)11-6-4-10(9-18)5-7-11/h1-7,14,19H,8H2. The number of aliphatic hydroxyl groups is 1. The molecule has 1 N–H and O–H groups in total. The lowest BCUT2D eigenvalue weighted by atomic mass is 10.0. The average Bonchev–Trinajstić information content (AvgIpc) is 2.44. The fourth-order valence-electron chi connectivity index (χ4n) is 1.81.